The van der Waals surface area contributed by atoms with Crippen LogP contribution in [0.4, 0.5) is 0 Å². The number of rotatable bonds is 4. The molecule has 3 rings (SSSR count). The monoisotopic (exact) mass is 373 g/mol. The SMILES string of the molecule is Cc1ccc(-n2nnnc2S[C@H](C)C(=O)N2[C@@H](C)CCC[C@@H]2C)c(C)c1. The van der Waals surface area contributed by atoms with E-state index in [1.807, 2.05) is 30.9 Å². The molecule has 0 saturated carbocycles. The van der Waals surface area contributed by atoms with E-state index in [0.29, 0.717) is 17.2 Å². The van der Waals surface area contributed by atoms with Crippen molar-refractivity contribution in [1.82, 2.24) is 25.1 Å². The second kappa shape index (κ2) is 7.78. The van der Waals surface area contributed by atoms with Crippen LogP contribution in [0.1, 0.15) is 51.2 Å². The number of aryl methyl sites for hydroxylation is 2. The summed E-state index contributed by atoms with van der Waals surface area (Å²) in [5.41, 5.74) is 3.25. The topological polar surface area (TPSA) is 63.9 Å². The van der Waals surface area contributed by atoms with Gasteiger partial charge in [0.25, 0.3) is 0 Å². The summed E-state index contributed by atoms with van der Waals surface area (Å²) in [6, 6.07) is 6.77. The Kier molecular flexibility index (Phi) is 5.65. The van der Waals surface area contributed by atoms with Crippen LogP contribution in [0.2, 0.25) is 0 Å². The van der Waals surface area contributed by atoms with Gasteiger partial charge in [-0.3, -0.25) is 4.79 Å². The fourth-order valence-electron chi connectivity index (χ4n) is 3.72. The van der Waals surface area contributed by atoms with Crippen molar-refractivity contribution in [3.63, 3.8) is 0 Å². The first-order valence-electron chi connectivity index (χ1n) is 9.23. The number of amides is 1. The van der Waals surface area contributed by atoms with E-state index in [4.69, 9.17) is 0 Å². The first-order valence-corrected chi connectivity index (χ1v) is 10.1. The Morgan fingerprint density at radius 2 is 1.92 bits per heavy atom. The lowest BCUT2D eigenvalue weighted by Crippen LogP contribution is -2.50. The highest BCUT2D eigenvalue weighted by molar-refractivity contribution is 8.00. The average molecular weight is 374 g/mol. The summed E-state index contributed by atoms with van der Waals surface area (Å²) >= 11 is 1.43. The van der Waals surface area contributed by atoms with E-state index in [2.05, 4.69) is 42.4 Å². The number of benzene rings is 1. The third-order valence-corrected chi connectivity index (χ3v) is 6.12. The lowest BCUT2D eigenvalue weighted by molar-refractivity contribution is -0.136. The van der Waals surface area contributed by atoms with Crippen LogP contribution in [0.3, 0.4) is 0 Å². The summed E-state index contributed by atoms with van der Waals surface area (Å²) in [5, 5.41) is 12.6. The van der Waals surface area contributed by atoms with Crippen molar-refractivity contribution in [1.29, 1.82) is 0 Å². The molecular formula is C19H27N5OS. The van der Waals surface area contributed by atoms with Gasteiger partial charge in [0.1, 0.15) is 0 Å². The molecule has 1 aliphatic rings. The van der Waals surface area contributed by atoms with Gasteiger partial charge in [0.2, 0.25) is 11.1 Å². The van der Waals surface area contributed by atoms with Gasteiger partial charge in [0.05, 0.1) is 10.9 Å². The Labute approximate surface area is 159 Å². The third kappa shape index (κ3) is 3.77. The zero-order chi connectivity index (χ0) is 18.8. The molecule has 2 heterocycles. The molecule has 26 heavy (non-hydrogen) atoms. The molecule has 1 aliphatic heterocycles. The van der Waals surface area contributed by atoms with Gasteiger partial charge in [-0.05, 0) is 75.9 Å². The number of thioether (sulfide) groups is 1. The first-order chi connectivity index (χ1) is 12.4. The lowest BCUT2D eigenvalue weighted by atomic mass is 9.97. The van der Waals surface area contributed by atoms with Gasteiger partial charge in [-0.25, -0.2) is 0 Å². The molecule has 0 spiro atoms. The zero-order valence-corrected chi connectivity index (χ0v) is 17.0. The number of piperidine rings is 1. The number of likely N-dealkylation sites (tertiary alicyclic amines) is 1. The summed E-state index contributed by atoms with van der Waals surface area (Å²) in [4.78, 5) is 15.1. The highest BCUT2D eigenvalue weighted by Crippen LogP contribution is 2.29. The molecule has 6 nitrogen and oxygen atoms in total. The molecule has 2 aromatic rings. The van der Waals surface area contributed by atoms with Crippen molar-refractivity contribution in [2.45, 2.75) is 76.4 Å². The molecule has 1 amide bonds. The Balaban J connectivity index is 1.79. The van der Waals surface area contributed by atoms with Crippen LogP contribution >= 0.6 is 11.8 Å². The number of carbonyl (C=O) groups excluding carboxylic acids is 1. The second-order valence-corrected chi connectivity index (χ2v) is 8.61. The van der Waals surface area contributed by atoms with Gasteiger partial charge >= 0.3 is 0 Å². The molecule has 0 radical (unpaired) electrons. The summed E-state index contributed by atoms with van der Waals surface area (Å²) in [6.45, 7) is 10.3. The van der Waals surface area contributed by atoms with Crippen molar-refractivity contribution >= 4 is 17.7 Å². The Bertz CT molecular complexity index is 780. The van der Waals surface area contributed by atoms with Crippen LogP contribution < -0.4 is 0 Å². The van der Waals surface area contributed by atoms with Gasteiger partial charge in [0.15, 0.2) is 0 Å². The molecule has 1 aromatic carbocycles. The quantitative estimate of drug-likeness (QED) is 0.767. The fraction of sp³-hybridized carbons (Fsp3) is 0.579. The molecule has 7 heteroatoms. The Morgan fingerprint density at radius 1 is 1.23 bits per heavy atom. The molecule has 1 aromatic heterocycles. The van der Waals surface area contributed by atoms with Gasteiger partial charge in [-0.2, -0.15) is 4.68 Å². The smallest absolute Gasteiger partial charge is 0.236 e. The minimum atomic E-state index is -0.228. The number of hydrogen-bond acceptors (Lipinski definition) is 5. The number of carbonyl (C=O) groups is 1. The molecule has 1 saturated heterocycles. The average Bonchev–Trinajstić information content (AvgIpc) is 3.02. The van der Waals surface area contributed by atoms with E-state index >= 15 is 0 Å². The van der Waals surface area contributed by atoms with Crippen molar-refractivity contribution in [3.05, 3.63) is 29.3 Å². The lowest BCUT2D eigenvalue weighted by Gasteiger charge is -2.40. The standard InChI is InChI=1S/C19H27N5OS/c1-12-9-10-17(13(2)11-12)24-19(20-21-22-24)26-16(5)18(25)23-14(3)7-6-8-15(23)4/h9-11,14-16H,6-8H2,1-5H3/t14-,15-,16+/m0/s1. The number of nitrogens with zero attached hydrogens (tertiary/aromatic N) is 5. The number of hydrogen-bond donors (Lipinski definition) is 0. The molecule has 0 unspecified atom stereocenters. The fourth-order valence-corrected chi connectivity index (χ4v) is 4.58. The van der Waals surface area contributed by atoms with Crippen LogP contribution in [0.15, 0.2) is 23.4 Å². The van der Waals surface area contributed by atoms with E-state index in [-0.39, 0.29) is 11.2 Å². The minimum Gasteiger partial charge on any atom is -0.336 e. The Morgan fingerprint density at radius 3 is 2.58 bits per heavy atom. The van der Waals surface area contributed by atoms with Crippen LogP contribution in [-0.4, -0.2) is 48.3 Å². The van der Waals surface area contributed by atoms with E-state index in [0.717, 1.165) is 24.1 Å². The van der Waals surface area contributed by atoms with Gasteiger partial charge in [0, 0.05) is 12.1 Å². The molecule has 1 fully saturated rings. The highest BCUT2D eigenvalue weighted by Gasteiger charge is 2.32. The Hall–Kier alpha value is -1.89. The van der Waals surface area contributed by atoms with E-state index < -0.39 is 0 Å². The van der Waals surface area contributed by atoms with Gasteiger partial charge in [-0.15, -0.1) is 5.10 Å². The zero-order valence-electron chi connectivity index (χ0n) is 16.1. The van der Waals surface area contributed by atoms with Gasteiger partial charge < -0.3 is 4.90 Å². The number of tetrazole rings is 1. The van der Waals surface area contributed by atoms with Crippen molar-refractivity contribution in [2.75, 3.05) is 0 Å². The van der Waals surface area contributed by atoms with Gasteiger partial charge in [-0.1, -0.05) is 29.5 Å². The third-order valence-electron chi connectivity index (χ3n) is 5.10. The maximum Gasteiger partial charge on any atom is 0.236 e. The minimum absolute atomic E-state index is 0.171. The predicted molar refractivity (Wildman–Crippen MR) is 104 cm³/mol. The van der Waals surface area contributed by atoms with Crippen LogP contribution in [0.5, 0.6) is 0 Å². The van der Waals surface area contributed by atoms with E-state index in [1.54, 1.807) is 4.68 Å². The molecule has 140 valence electrons. The van der Waals surface area contributed by atoms with Crippen molar-refractivity contribution in [2.24, 2.45) is 0 Å². The molecule has 0 aliphatic carbocycles. The summed E-state index contributed by atoms with van der Waals surface area (Å²) in [5.74, 6) is 0.171. The van der Waals surface area contributed by atoms with Crippen molar-refractivity contribution in [3.8, 4) is 5.69 Å². The molecule has 0 N–H and O–H groups in total. The van der Waals surface area contributed by atoms with E-state index in [9.17, 15) is 4.79 Å². The summed E-state index contributed by atoms with van der Waals surface area (Å²) in [7, 11) is 0. The maximum absolute atomic E-state index is 13.0. The molecular weight excluding hydrogens is 346 g/mol. The highest BCUT2D eigenvalue weighted by atomic mass is 32.2. The normalized spacial score (nSPS) is 21.7. The maximum atomic E-state index is 13.0. The first kappa shape index (κ1) is 18.9. The van der Waals surface area contributed by atoms with Crippen LogP contribution in [0.25, 0.3) is 5.69 Å². The number of aromatic nitrogens is 4. The second-order valence-electron chi connectivity index (χ2n) is 7.30. The molecule has 3 atom stereocenters. The van der Waals surface area contributed by atoms with Crippen LogP contribution in [-0.2, 0) is 4.79 Å². The summed E-state index contributed by atoms with van der Waals surface area (Å²) < 4.78 is 1.73. The summed E-state index contributed by atoms with van der Waals surface area (Å²) in [6.07, 6.45) is 3.35. The van der Waals surface area contributed by atoms with Crippen LogP contribution in [0, 0.1) is 13.8 Å². The molecule has 0 bridgehead atoms. The predicted octanol–water partition coefficient (Wildman–Crippen LogP) is 3.55. The largest absolute Gasteiger partial charge is 0.336 e. The van der Waals surface area contributed by atoms with E-state index in [1.165, 1.54) is 23.7 Å². The van der Waals surface area contributed by atoms with Crippen molar-refractivity contribution < 1.29 is 4.79 Å².